The molecule has 0 saturated heterocycles. The monoisotopic (exact) mass is 415 g/mol. The van der Waals surface area contributed by atoms with Gasteiger partial charge in [-0.05, 0) is 50.5 Å². The molecular weight excluding hydrogens is 378 g/mol. The molecule has 0 aliphatic heterocycles. The lowest BCUT2D eigenvalue weighted by atomic mass is 9.89. The number of amides is 1. The normalized spacial score (nSPS) is 25.2. The zero-order chi connectivity index (χ0) is 21.8. The molecule has 1 amide bonds. The van der Waals surface area contributed by atoms with Crippen LogP contribution in [0.5, 0.6) is 0 Å². The maximum atomic E-state index is 11.4. The average Bonchev–Trinajstić information content (AvgIpc) is 3.00. The van der Waals surface area contributed by atoms with Crippen molar-refractivity contribution < 1.29 is 20.1 Å². The van der Waals surface area contributed by atoms with Crippen molar-refractivity contribution in [1.82, 2.24) is 5.32 Å². The maximum Gasteiger partial charge on any atom is 0.219 e. The van der Waals surface area contributed by atoms with Crippen LogP contribution in [0.3, 0.4) is 0 Å². The van der Waals surface area contributed by atoms with E-state index in [9.17, 15) is 20.1 Å². The predicted molar refractivity (Wildman–Crippen MR) is 120 cm³/mol. The smallest absolute Gasteiger partial charge is 0.219 e. The van der Waals surface area contributed by atoms with Gasteiger partial charge in [0.1, 0.15) is 0 Å². The summed E-state index contributed by atoms with van der Waals surface area (Å²) in [7, 11) is 0. The molecule has 1 fully saturated rings. The molecule has 3 unspecified atom stereocenters. The van der Waals surface area contributed by atoms with Gasteiger partial charge >= 0.3 is 0 Å². The lowest BCUT2D eigenvalue weighted by Gasteiger charge is -2.19. The summed E-state index contributed by atoms with van der Waals surface area (Å²) in [5, 5.41) is 33.8. The summed E-state index contributed by atoms with van der Waals surface area (Å²) in [6.45, 7) is 2.57. The molecule has 0 bridgehead atoms. The Labute approximate surface area is 180 Å². The minimum absolute atomic E-state index is 0.0581. The van der Waals surface area contributed by atoms with Gasteiger partial charge in [0.05, 0.1) is 18.3 Å². The molecule has 166 valence electrons. The summed E-state index contributed by atoms with van der Waals surface area (Å²) in [6, 6.07) is 10.1. The van der Waals surface area contributed by atoms with E-state index in [1.165, 1.54) is 5.56 Å². The molecule has 5 atom stereocenters. The Hall–Kier alpha value is -1.95. The summed E-state index contributed by atoms with van der Waals surface area (Å²) < 4.78 is 0. The van der Waals surface area contributed by atoms with Crippen molar-refractivity contribution >= 4 is 5.91 Å². The second kappa shape index (κ2) is 13.4. The largest absolute Gasteiger partial charge is 0.393 e. The Morgan fingerprint density at radius 3 is 2.70 bits per heavy atom. The van der Waals surface area contributed by atoms with Crippen molar-refractivity contribution in [3.63, 3.8) is 0 Å². The molecule has 1 saturated carbocycles. The second-order valence-electron chi connectivity index (χ2n) is 8.14. The molecule has 0 spiro atoms. The Morgan fingerprint density at radius 2 is 1.97 bits per heavy atom. The van der Waals surface area contributed by atoms with Crippen LogP contribution in [0.4, 0.5) is 0 Å². The maximum absolute atomic E-state index is 11.4. The highest BCUT2D eigenvalue weighted by molar-refractivity contribution is 5.75. The minimum Gasteiger partial charge on any atom is -0.393 e. The Morgan fingerprint density at radius 1 is 1.20 bits per heavy atom. The van der Waals surface area contributed by atoms with Crippen LogP contribution in [0.1, 0.15) is 51.0 Å². The number of aliphatic hydroxyl groups excluding tert-OH is 3. The van der Waals surface area contributed by atoms with Crippen molar-refractivity contribution in [3.8, 4) is 0 Å². The standard InChI is InChI=1S/C25H37NO4/c1-2-26-25(30)13-9-4-3-8-12-21-22(24(29)18-23(21)28)17-16-20(27)15-14-19-10-6-5-7-11-19/h3,5-8,10-11,16-17,20-24,27-29H,2,4,9,12-15,18H2,1H3,(H,26,30)/t20-,21?,22-,23?,24?/m1/s1. The molecule has 30 heavy (non-hydrogen) atoms. The van der Waals surface area contributed by atoms with Crippen LogP contribution in [-0.2, 0) is 11.2 Å². The fourth-order valence-electron chi connectivity index (χ4n) is 4.06. The van der Waals surface area contributed by atoms with Crippen LogP contribution < -0.4 is 5.32 Å². The summed E-state index contributed by atoms with van der Waals surface area (Å²) >= 11 is 0. The number of nitrogens with one attached hydrogen (secondary N) is 1. The van der Waals surface area contributed by atoms with E-state index in [4.69, 9.17) is 0 Å². The van der Waals surface area contributed by atoms with Gasteiger partial charge in [-0.25, -0.2) is 0 Å². The van der Waals surface area contributed by atoms with Crippen molar-refractivity contribution in [3.05, 3.63) is 60.2 Å². The van der Waals surface area contributed by atoms with Crippen LogP contribution in [0.2, 0.25) is 0 Å². The molecule has 2 rings (SSSR count). The van der Waals surface area contributed by atoms with Crippen molar-refractivity contribution in [2.45, 2.75) is 70.2 Å². The number of allylic oxidation sites excluding steroid dienone is 2. The lowest BCUT2D eigenvalue weighted by Crippen LogP contribution is -2.21. The molecule has 5 nitrogen and oxygen atoms in total. The SMILES string of the molecule is CCNC(=O)CCCC=CCC1C(O)CC(O)[C@@H]1C=C[C@H](O)CCc1ccccc1. The first-order valence-electron chi connectivity index (χ1n) is 11.2. The predicted octanol–water partition coefficient (Wildman–Crippen LogP) is 3.15. The zero-order valence-corrected chi connectivity index (χ0v) is 18.0. The van der Waals surface area contributed by atoms with E-state index in [0.717, 1.165) is 19.3 Å². The first kappa shape index (κ1) is 24.3. The Balaban J connectivity index is 1.78. The second-order valence-corrected chi connectivity index (χ2v) is 8.14. The summed E-state index contributed by atoms with van der Waals surface area (Å²) in [6.07, 6.45) is 10.6. The van der Waals surface area contributed by atoms with E-state index in [1.54, 1.807) is 6.08 Å². The first-order chi connectivity index (χ1) is 14.5. The van der Waals surface area contributed by atoms with Crippen molar-refractivity contribution in [2.24, 2.45) is 11.8 Å². The van der Waals surface area contributed by atoms with Gasteiger partial charge < -0.3 is 20.6 Å². The highest BCUT2D eigenvalue weighted by atomic mass is 16.3. The van der Waals surface area contributed by atoms with E-state index in [0.29, 0.717) is 32.2 Å². The van der Waals surface area contributed by atoms with Crippen LogP contribution in [-0.4, -0.2) is 46.1 Å². The van der Waals surface area contributed by atoms with Gasteiger partial charge in [-0.2, -0.15) is 0 Å². The Kier molecular flexibility index (Phi) is 10.8. The fourth-order valence-corrected chi connectivity index (χ4v) is 4.06. The number of unbranched alkanes of at least 4 members (excludes halogenated alkanes) is 1. The van der Waals surface area contributed by atoms with E-state index >= 15 is 0 Å². The van der Waals surface area contributed by atoms with Crippen LogP contribution in [0.15, 0.2) is 54.6 Å². The number of rotatable bonds is 12. The number of hydrogen-bond donors (Lipinski definition) is 4. The number of aliphatic hydroxyl groups is 3. The molecule has 4 N–H and O–H groups in total. The third kappa shape index (κ3) is 8.42. The van der Waals surface area contributed by atoms with Gasteiger partial charge in [0.2, 0.25) is 5.91 Å². The topological polar surface area (TPSA) is 89.8 Å². The quantitative estimate of drug-likeness (QED) is 0.312. The van der Waals surface area contributed by atoms with Gasteiger partial charge in [-0.15, -0.1) is 0 Å². The Bertz CT molecular complexity index is 673. The van der Waals surface area contributed by atoms with E-state index in [1.807, 2.05) is 55.5 Å². The number of hydrogen-bond acceptors (Lipinski definition) is 4. The first-order valence-corrected chi connectivity index (χ1v) is 11.2. The van der Waals surface area contributed by atoms with Crippen LogP contribution in [0.25, 0.3) is 0 Å². The van der Waals surface area contributed by atoms with Gasteiger partial charge in [0.25, 0.3) is 0 Å². The molecule has 1 aliphatic carbocycles. The van der Waals surface area contributed by atoms with E-state index in [-0.39, 0.29) is 17.7 Å². The lowest BCUT2D eigenvalue weighted by molar-refractivity contribution is -0.121. The average molecular weight is 416 g/mol. The number of carbonyl (C=O) groups excluding carboxylic acids is 1. The highest BCUT2D eigenvalue weighted by Crippen LogP contribution is 2.36. The van der Waals surface area contributed by atoms with Gasteiger partial charge in [-0.1, -0.05) is 54.6 Å². The fraction of sp³-hybridized carbons (Fsp3) is 0.560. The molecule has 0 radical (unpaired) electrons. The van der Waals surface area contributed by atoms with Gasteiger partial charge in [-0.3, -0.25) is 4.79 Å². The number of aryl methyl sites for hydroxylation is 1. The molecule has 1 aliphatic rings. The van der Waals surface area contributed by atoms with Crippen LogP contribution in [0, 0.1) is 11.8 Å². The third-order valence-electron chi connectivity index (χ3n) is 5.77. The molecule has 1 aromatic carbocycles. The summed E-state index contributed by atoms with van der Waals surface area (Å²) in [5.41, 5.74) is 1.19. The molecule has 0 aromatic heterocycles. The highest BCUT2D eigenvalue weighted by Gasteiger charge is 2.39. The van der Waals surface area contributed by atoms with Crippen LogP contribution >= 0.6 is 0 Å². The number of benzene rings is 1. The molecular formula is C25H37NO4. The zero-order valence-electron chi connectivity index (χ0n) is 18.0. The van der Waals surface area contributed by atoms with Crippen molar-refractivity contribution in [2.75, 3.05) is 6.54 Å². The molecule has 0 heterocycles. The summed E-state index contributed by atoms with van der Waals surface area (Å²) in [4.78, 5) is 11.4. The third-order valence-corrected chi connectivity index (χ3v) is 5.77. The van der Waals surface area contributed by atoms with Crippen molar-refractivity contribution in [1.29, 1.82) is 0 Å². The molecule has 5 heteroatoms. The van der Waals surface area contributed by atoms with E-state index in [2.05, 4.69) is 5.32 Å². The van der Waals surface area contributed by atoms with Gasteiger partial charge in [0.15, 0.2) is 0 Å². The minimum atomic E-state index is -0.589. The van der Waals surface area contributed by atoms with E-state index < -0.39 is 18.3 Å². The number of carbonyl (C=O) groups is 1. The van der Waals surface area contributed by atoms with Gasteiger partial charge in [0, 0.05) is 25.3 Å². The summed E-state index contributed by atoms with van der Waals surface area (Å²) in [5.74, 6) is -0.139. The molecule has 1 aromatic rings.